The molecule has 2 heterocycles. The number of likely N-dealkylation sites (tertiary alicyclic amines) is 1. The molecule has 188 valence electrons. The molecule has 2 rings (SSSR count). The smallest absolute Gasteiger partial charge is 0.383 e. The monoisotopic (exact) mass is 479 g/mol. The van der Waals surface area contributed by atoms with Gasteiger partial charge in [0.05, 0.1) is 6.04 Å². The molecule has 2 saturated heterocycles. The van der Waals surface area contributed by atoms with Crippen LogP contribution < -0.4 is 10.6 Å². The van der Waals surface area contributed by atoms with E-state index in [2.05, 4.69) is 15.4 Å². The zero-order chi connectivity index (χ0) is 24.8. The second-order valence-electron chi connectivity index (χ2n) is 8.96. The molecule has 33 heavy (non-hydrogen) atoms. The molecule has 2 aliphatic heterocycles. The van der Waals surface area contributed by atoms with Crippen molar-refractivity contribution in [1.82, 2.24) is 15.5 Å². The zero-order valence-corrected chi connectivity index (χ0v) is 18.8. The fourth-order valence-corrected chi connectivity index (χ4v) is 4.15. The Balaban J connectivity index is 2.13. The molecule has 0 unspecified atom stereocenters. The molecular weight excluding hydrogens is 447 g/mol. The number of halogens is 3. The summed E-state index contributed by atoms with van der Waals surface area (Å²) in [7, 11) is 0. The van der Waals surface area contributed by atoms with Crippen LogP contribution in [0.25, 0.3) is 0 Å². The topological polar surface area (TPSA) is 125 Å². The van der Waals surface area contributed by atoms with Gasteiger partial charge in [-0.3, -0.25) is 23.9 Å². The molecule has 0 bridgehead atoms. The lowest BCUT2D eigenvalue weighted by molar-refractivity contribution is -0.321. The summed E-state index contributed by atoms with van der Waals surface area (Å²) in [5, 5.41) is 15.3. The molecule has 2 aliphatic rings. The van der Waals surface area contributed by atoms with Crippen molar-refractivity contribution in [2.75, 3.05) is 19.7 Å². The summed E-state index contributed by atoms with van der Waals surface area (Å²) in [6.45, 7) is 3.00. The van der Waals surface area contributed by atoms with Crippen molar-refractivity contribution >= 4 is 23.5 Å². The number of amides is 3. The first-order valence-electron chi connectivity index (χ1n) is 11.2. The molecule has 9 nitrogen and oxygen atoms in total. The number of nitrogens with one attached hydrogen (secondary N) is 2. The summed E-state index contributed by atoms with van der Waals surface area (Å²) in [5.74, 6) is -3.25. The van der Waals surface area contributed by atoms with E-state index in [-0.39, 0.29) is 37.6 Å². The third-order valence-corrected chi connectivity index (χ3v) is 5.83. The van der Waals surface area contributed by atoms with Crippen LogP contribution in [-0.2, 0) is 23.9 Å². The van der Waals surface area contributed by atoms with Gasteiger partial charge in [0.25, 0.3) is 5.91 Å². The second-order valence-corrected chi connectivity index (χ2v) is 8.96. The lowest BCUT2D eigenvalue weighted by atomic mass is 9.94. The number of hydrogen-bond acceptors (Lipinski definition) is 6. The van der Waals surface area contributed by atoms with E-state index >= 15 is 0 Å². The van der Waals surface area contributed by atoms with E-state index in [4.69, 9.17) is 0 Å². The maximum absolute atomic E-state index is 13.0. The van der Waals surface area contributed by atoms with Gasteiger partial charge in [0.15, 0.2) is 5.78 Å². The molecule has 12 heteroatoms. The first-order valence-corrected chi connectivity index (χ1v) is 11.2. The maximum atomic E-state index is 13.0. The van der Waals surface area contributed by atoms with Gasteiger partial charge < -0.3 is 20.6 Å². The van der Waals surface area contributed by atoms with Gasteiger partial charge in [0, 0.05) is 19.0 Å². The highest BCUT2D eigenvalue weighted by atomic mass is 19.4. The molecule has 0 aliphatic carbocycles. The first kappa shape index (κ1) is 27.0. The van der Waals surface area contributed by atoms with Crippen LogP contribution in [-0.4, -0.2) is 77.8 Å². The maximum Gasteiger partial charge on any atom is 0.522 e. The van der Waals surface area contributed by atoms with E-state index in [1.54, 1.807) is 0 Å². The van der Waals surface area contributed by atoms with Gasteiger partial charge in [0.2, 0.25) is 11.8 Å². The first-order chi connectivity index (χ1) is 15.4. The minimum Gasteiger partial charge on any atom is -0.383 e. The molecule has 0 spiro atoms. The van der Waals surface area contributed by atoms with Gasteiger partial charge in [0.1, 0.15) is 18.8 Å². The summed E-state index contributed by atoms with van der Waals surface area (Å²) in [6, 6.07) is -2.35. The minimum absolute atomic E-state index is 0.0502. The predicted octanol–water partition coefficient (Wildman–Crippen LogP) is 0.891. The number of carbonyl (C=O) groups excluding carboxylic acids is 4. The number of aliphatic hydroxyl groups is 1. The number of nitrogens with zero attached hydrogens (tertiary/aromatic N) is 1. The molecule has 4 atom stereocenters. The van der Waals surface area contributed by atoms with Crippen molar-refractivity contribution in [3.05, 3.63) is 0 Å². The SMILES string of the molecule is CC(C)C[C@@H](O)C(=O)N1CCCC[C@H]1C(=O)N[C@@H](C[C@@H]1CCNC1=O)C(=O)COC(F)(F)F. The molecule has 2 fully saturated rings. The van der Waals surface area contributed by atoms with Gasteiger partial charge in [-0.05, 0) is 44.4 Å². The Kier molecular flexibility index (Phi) is 9.65. The third-order valence-electron chi connectivity index (χ3n) is 5.83. The summed E-state index contributed by atoms with van der Waals surface area (Å²) in [4.78, 5) is 51.4. The van der Waals surface area contributed by atoms with Crippen LogP contribution in [0.15, 0.2) is 0 Å². The van der Waals surface area contributed by atoms with Crippen LogP contribution in [0.4, 0.5) is 13.2 Å². The number of rotatable bonds is 10. The van der Waals surface area contributed by atoms with Crippen molar-refractivity contribution in [2.24, 2.45) is 11.8 Å². The van der Waals surface area contributed by atoms with Gasteiger partial charge >= 0.3 is 6.36 Å². The van der Waals surface area contributed by atoms with Crippen LogP contribution in [0.3, 0.4) is 0 Å². The van der Waals surface area contributed by atoms with Gasteiger partial charge in [-0.2, -0.15) is 0 Å². The van der Waals surface area contributed by atoms with Crippen molar-refractivity contribution in [3.63, 3.8) is 0 Å². The Hall–Kier alpha value is -2.21. The van der Waals surface area contributed by atoms with Crippen LogP contribution in [0, 0.1) is 11.8 Å². The molecule has 0 radical (unpaired) electrons. The van der Waals surface area contributed by atoms with Gasteiger partial charge in [-0.15, -0.1) is 13.2 Å². The van der Waals surface area contributed by atoms with Crippen molar-refractivity contribution in [2.45, 2.75) is 76.9 Å². The lowest BCUT2D eigenvalue weighted by Gasteiger charge is -2.37. The highest BCUT2D eigenvalue weighted by Gasteiger charge is 2.39. The Morgan fingerprint density at radius 2 is 1.94 bits per heavy atom. The highest BCUT2D eigenvalue weighted by molar-refractivity contribution is 5.94. The van der Waals surface area contributed by atoms with Crippen molar-refractivity contribution in [3.8, 4) is 0 Å². The van der Waals surface area contributed by atoms with Crippen molar-refractivity contribution < 1.29 is 42.2 Å². The second kappa shape index (κ2) is 11.8. The number of ether oxygens (including phenoxy) is 1. The Morgan fingerprint density at radius 1 is 1.24 bits per heavy atom. The average molecular weight is 479 g/mol. The Morgan fingerprint density at radius 3 is 2.52 bits per heavy atom. The number of Topliss-reactive ketones (excluding diaryl/α,β-unsaturated/α-hetero) is 1. The molecule has 0 aromatic heterocycles. The zero-order valence-electron chi connectivity index (χ0n) is 18.8. The molecule has 0 saturated carbocycles. The van der Waals surface area contributed by atoms with Crippen LogP contribution in [0.1, 0.15) is 52.4 Å². The number of ketones is 1. The molecule has 0 aromatic rings. The molecule has 0 aromatic carbocycles. The van der Waals surface area contributed by atoms with E-state index in [1.165, 1.54) is 4.90 Å². The van der Waals surface area contributed by atoms with E-state index in [1.807, 2.05) is 13.8 Å². The fourth-order valence-electron chi connectivity index (χ4n) is 4.15. The summed E-state index contributed by atoms with van der Waals surface area (Å²) >= 11 is 0. The third kappa shape index (κ3) is 8.26. The van der Waals surface area contributed by atoms with E-state index in [0.29, 0.717) is 25.8 Å². The van der Waals surface area contributed by atoms with Gasteiger partial charge in [-0.1, -0.05) is 13.8 Å². The average Bonchev–Trinajstić information content (AvgIpc) is 3.14. The lowest BCUT2D eigenvalue weighted by Crippen LogP contribution is -2.57. The predicted molar refractivity (Wildman–Crippen MR) is 109 cm³/mol. The summed E-state index contributed by atoms with van der Waals surface area (Å²) < 4.78 is 40.9. The fraction of sp³-hybridized carbons (Fsp3) is 0.810. The Labute approximate surface area is 190 Å². The van der Waals surface area contributed by atoms with Crippen molar-refractivity contribution in [1.29, 1.82) is 0 Å². The highest BCUT2D eigenvalue weighted by Crippen LogP contribution is 2.22. The number of alkyl halides is 3. The quantitative estimate of drug-likeness (QED) is 0.428. The minimum atomic E-state index is -5.02. The van der Waals surface area contributed by atoms with Crippen LogP contribution in [0.2, 0.25) is 0 Å². The summed E-state index contributed by atoms with van der Waals surface area (Å²) in [5.41, 5.74) is 0. The normalized spacial score (nSPS) is 23.2. The van der Waals surface area contributed by atoms with Crippen LogP contribution in [0.5, 0.6) is 0 Å². The van der Waals surface area contributed by atoms with E-state index < -0.39 is 54.7 Å². The molecule has 3 amide bonds. The number of aliphatic hydroxyl groups excluding tert-OH is 1. The van der Waals surface area contributed by atoms with E-state index in [9.17, 15) is 37.5 Å². The van der Waals surface area contributed by atoms with Crippen LogP contribution >= 0.6 is 0 Å². The number of carbonyl (C=O) groups is 4. The number of piperidine rings is 1. The summed E-state index contributed by atoms with van der Waals surface area (Å²) in [6.07, 6.45) is -4.32. The van der Waals surface area contributed by atoms with Gasteiger partial charge in [-0.25, -0.2) is 0 Å². The number of hydrogen-bond donors (Lipinski definition) is 3. The van der Waals surface area contributed by atoms with E-state index in [0.717, 1.165) is 0 Å². The largest absolute Gasteiger partial charge is 0.522 e. The molecule has 3 N–H and O–H groups in total. The standard InChI is InChI=1S/C21H32F3N3O6/c1-12(2)9-16(28)20(32)27-8-4-3-5-15(27)19(31)26-14(10-13-6-7-25-18(13)30)17(29)11-33-21(22,23)24/h12-16,28H,3-11H2,1-2H3,(H,25,30)(H,26,31)/t13-,14-,15-,16+/m0/s1. The Bertz CT molecular complexity index is 731. The molecular formula is C21H32F3N3O6.